The van der Waals surface area contributed by atoms with Crippen molar-refractivity contribution in [1.29, 1.82) is 0 Å². The molecule has 144 valence electrons. The smallest absolute Gasteiger partial charge is 0.283 e. The molecule has 0 aliphatic carbocycles. The average molecular weight is 399 g/mol. The number of rotatable bonds is 7. The SMILES string of the molecule is CCCN(Cc1nnc(-c2ccco2)o1)C(=O)Cn1cnc2sccc2c1=O. The van der Waals surface area contributed by atoms with Gasteiger partial charge in [0, 0.05) is 6.54 Å². The molecule has 0 atom stereocenters. The highest BCUT2D eigenvalue weighted by Gasteiger charge is 2.19. The minimum Gasteiger partial charge on any atom is -0.459 e. The number of furan rings is 1. The fraction of sp³-hybridized carbons (Fsp3) is 0.278. The molecule has 0 bridgehead atoms. The maximum atomic E-state index is 12.8. The van der Waals surface area contributed by atoms with Crippen molar-refractivity contribution in [2.75, 3.05) is 6.54 Å². The largest absolute Gasteiger partial charge is 0.459 e. The van der Waals surface area contributed by atoms with Gasteiger partial charge >= 0.3 is 0 Å². The van der Waals surface area contributed by atoms with Gasteiger partial charge in [0.25, 0.3) is 11.4 Å². The van der Waals surface area contributed by atoms with E-state index in [2.05, 4.69) is 15.2 Å². The molecule has 4 rings (SSSR count). The Balaban J connectivity index is 1.51. The zero-order valence-electron chi connectivity index (χ0n) is 15.1. The molecule has 10 heteroatoms. The Kier molecular flexibility index (Phi) is 5.02. The number of nitrogens with zero attached hydrogens (tertiary/aromatic N) is 5. The monoisotopic (exact) mass is 399 g/mol. The summed E-state index contributed by atoms with van der Waals surface area (Å²) in [5.74, 6) is 0.797. The van der Waals surface area contributed by atoms with Crippen LogP contribution >= 0.6 is 11.3 Å². The third-order valence-corrected chi connectivity index (χ3v) is 4.95. The number of carbonyl (C=O) groups excluding carboxylic acids is 1. The number of aromatic nitrogens is 4. The highest BCUT2D eigenvalue weighted by molar-refractivity contribution is 7.16. The maximum Gasteiger partial charge on any atom is 0.283 e. The Hall–Kier alpha value is -3.27. The Morgan fingerprint density at radius 3 is 3.00 bits per heavy atom. The summed E-state index contributed by atoms with van der Waals surface area (Å²) in [4.78, 5) is 31.8. The van der Waals surface area contributed by atoms with E-state index in [0.717, 1.165) is 6.42 Å². The van der Waals surface area contributed by atoms with E-state index in [4.69, 9.17) is 8.83 Å². The number of hydrogen-bond donors (Lipinski definition) is 0. The van der Waals surface area contributed by atoms with Gasteiger partial charge < -0.3 is 13.7 Å². The summed E-state index contributed by atoms with van der Waals surface area (Å²) in [5.41, 5.74) is -0.228. The van der Waals surface area contributed by atoms with Crippen LogP contribution in [0.15, 0.2) is 49.8 Å². The third kappa shape index (κ3) is 3.58. The van der Waals surface area contributed by atoms with E-state index in [-0.39, 0.29) is 30.4 Å². The van der Waals surface area contributed by atoms with Gasteiger partial charge in [0.1, 0.15) is 11.4 Å². The summed E-state index contributed by atoms with van der Waals surface area (Å²) in [6.45, 7) is 2.52. The number of carbonyl (C=O) groups is 1. The zero-order valence-corrected chi connectivity index (χ0v) is 15.9. The lowest BCUT2D eigenvalue weighted by Gasteiger charge is -2.20. The summed E-state index contributed by atoms with van der Waals surface area (Å²) in [7, 11) is 0. The van der Waals surface area contributed by atoms with Gasteiger partial charge in [-0.2, -0.15) is 0 Å². The molecule has 0 saturated heterocycles. The molecule has 0 N–H and O–H groups in total. The number of thiophene rings is 1. The zero-order chi connectivity index (χ0) is 19.5. The van der Waals surface area contributed by atoms with Crippen molar-refractivity contribution in [3.63, 3.8) is 0 Å². The van der Waals surface area contributed by atoms with Crippen LogP contribution in [0, 0.1) is 0 Å². The lowest BCUT2D eigenvalue weighted by atomic mass is 10.3. The summed E-state index contributed by atoms with van der Waals surface area (Å²) < 4.78 is 12.1. The van der Waals surface area contributed by atoms with Crippen molar-refractivity contribution in [3.05, 3.63) is 52.4 Å². The van der Waals surface area contributed by atoms with Gasteiger partial charge in [0.15, 0.2) is 5.76 Å². The minimum atomic E-state index is -0.228. The molecular formula is C18H17N5O4S. The second-order valence-corrected chi connectivity index (χ2v) is 7.01. The Morgan fingerprint density at radius 1 is 1.32 bits per heavy atom. The first-order chi connectivity index (χ1) is 13.7. The number of amides is 1. The molecule has 4 heterocycles. The van der Waals surface area contributed by atoms with Crippen molar-refractivity contribution in [2.45, 2.75) is 26.4 Å². The van der Waals surface area contributed by atoms with Crippen molar-refractivity contribution < 1.29 is 13.6 Å². The van der Waals surface area contributed by atoms with Crippen LogP contribution in [-0.4, -0.2) is 37.1 Å². The molecule has 0 radical (unpaired) electrons. The highest BCUT2D eigenvalue weighted by Crippen LogP contribution is 2.19. The van der Waals surface area contributed by atoms with E-state index in [1.165, 1.54) is 28.5 Å². The summed E-state index contributed by atoms with van der Waals surface area (Å²) >= 11 is 1.39. The van der Waals surface area contributed by atoms with Gasteiger partial charge in [-0.3, -0.25) is 14.2 Å². The van der Waals surface area contributed by atoms with E-state index in [0.29, 0.717) is 28.4 Å². The molecule has 0 fully saturated rings. The van der Waals surface area contributed by atoms with Crippen molar-refractivity contribution >= 4 is 27.5 Å². The molecule has 4 aromatic rings. The van der Waals surface area contributed by atoms with Crippen molar-refractivity contribution in [3.8, 4) is 11.7 Å². The van der Waals surface area contributed by atoms with E-state index in [1.54, 1.807) is 28.5 Å². The van der Waals surface area contributed by atoms with Crippen LogP contribution in [0.4, 0.5) is 0 Å². The Morgan fingerprint density at radius 2 is 2.21 bits per heavy atom. The number of hydrogen-bond acceptors (Lipinski definition) is 8. The lowest BCUT2D eigenvalue weighted by Crippen LogP contribution is -2.36. The minimum absolute atomic E-state index is 0.100. The first-order valence-electron chi connectivity index (χ1n) is 8.72. The standard InChI is InChI=1S/C18H17N5O4S/c1-2-6-22(9-14-20-21-16(27-14)13-4-3-7-26-13)15(24)10-23-11-19-17-12(18(23)25)5-8-28-17/h3-5,7-8,11H,2,6,9-10H2,1H3. The molecule has 0 unspecified atom stereocenters. The van der Waals surface area contributed by atoms with Crippen LogP contribution in [0.2, 0.25) is 0 Å². The molecule has 9 nitrogen and oxygen atoms in total. The lowest BCUT2D eigenvalue weighted by molar-refractivity contribution is -0.132. The van der Waals surface area contributed by atoms with Crippen LogP contribution in [0.1, 0.15) is 19.2 Å². The maximum absolute atomic E-state index is 12.8. The van der Waals surface area contributed by atoms with Crippen molar-refractivity contribution in [2.24, 2.45) is 0 Å². The highest BCUT2D eigenvalue weighted by atomic mass is 32.1. The average Bonchev–Trinajstić information content (AvgIpc) is 3.44. The first-order valence-corrected chi connectivity index (χ1v) is 9.60. The van der Waals surface area contributed by atoms with Gasteiger partial charge in [-0.1, -0.05) is 6.92 Å². The van der Waals surface area contributed by atoms with Gasteiger partial charge in [-0.25, -0.2) is 4.98 Å². The Labute approximate surface area is 163 Å². The molecule has 0 saturated carbocycles. The molecule has 1 amide bonds. The van der Waals surface area contributed by atoms with Crippen LogP contribution < -0.4 is 5.56 Å². The molecule has 0 aliphatic heterocycles. The van der Waals surface area contributed by atoms with E-state index in [9.17, 15) is 9.59 Å². The van der Waals surface area contributed by atoms with Crippen LogP contribution in [0.25, 0.3) is 21.9 Å². The quantitative estimate of drug-likeness (QED) is 0.470. The molecule has 0 aromatic carbocycles. The molecule has 4 aromatic heterocycles. The summed E-state index contributed by atoms with van der Waals surface area (Å²) in [6.07, 6.45) is 3.68. The van der Waals surface area contributed by atoms with Gasteiger partial charge in [0.05, 0.1) is 24.5 Å². The summed E-state index contributed by atoms with van der Waals surface area (Å²) in [6, 6.07) is 5.16. The molecule has 28 heavy (non-hydrogen) atoms. The predicted molar refractivity (Wildman–Crippen MR) is 102 cm³/mol. The van der Waals surface area contributed by atoms with Crippen LogP contribution in [0.3, 0.4) is 0 Å². The fourth-order valence-electron chi connectivity index (χ4n) is 2.79. The fourth-order valence-corrected chi connectivity index (χ4v) is 3.52. The van der Waals surface area contributed by atoms with E-state index in [1.807, 2.05) is 6.92 Å². The first kappa shape index (κ1) is 18.1. The van der Waals surface area contributed by atoms with E-state index < -0.39 is 0 Å². The molecule has 0 aliphatic rings. The van der Waals surface area contributed by atoms with Gasteiger partial charge in [0.2, 0.25) is 11.8 Å². The van der Waals surface area contributed by atoms with Crippen LogP contribution in [0.5, 0.6) is 0 Å². The predicted octanol–water partition coefficient (Wildman–Crippen LogP) is 2.54. The normalized spacial score (nSPS) is 11.2. The Bertz CT molecular complexity index is 1140. The second kappa shape index (κ2) is 7.77. The van der Waals surface area contributed by atoms with Crippen LogP contribution in [-0.2, 0) is 17.9 Å². The molecule has 0 spiro atoms. The third-order valence-electron chi connectivity index (χ3n) is 4.13. The summed E-state index contributed by atoms with van der Waals surface area (Å²) in [5, 5.41) is 10.3. The topological polar surface area (TPSA) is 107 Å². The van der Waals surface area contributed by atoms with Crippen molar-refractivity contribution in [1.82, 2.24) is 24.6 Å². The second-order valence-electron chi connectivity index (χ2n) is 6.11. The van der Waals surface area contributed by atoms with Gasteiger partial charge in [-0.05, 0) is 30.0 Å². The molecular weight excluding hydrogens is 382 g/mol. The van der Waals surface area contributed by atoms with E-state index >= 15 is 0 Å². The number of fused-ring (bicyclic) bond motifs is 1. The van der Waals surface area contributed by atoms with Gasteiger partial charge in [-0.15, -0.1) is 21.5 Å².